The minimum Gasteiger partial charge on any atom is -0.478 e. The summed E-state index contributed by atoms with van der Waals surface area (Å²) < 4.78 is 13.1. The van der Waals surface area contributed by atoms with E-state index in [9.17, 15) is 14.0 Å². The van der Waals surface area contributed by atoms with Crippen LogP contribution in [0.3, 0.4) is 0 Å². The van der Waals surface area contributed by atoms with Crippen LogP contribution in [-0.2, 0) is 0 Å². The average molecular weight is 252 g/mol. The lowest BCUT2D eigenvalue weighted by Gasteiger charge is -2.08. The van der Waals surface area contributed by atoms with Gasteiger partial charge in [0.2, 0.25) is 0 Å². The van der Waals surface area contributed by atoms with Gasteiger partial charge in [0.05, 0.1) is 5.56 Å². The van der Waals surface area contributed by atoms with E-state index in [0.717, 1.165) is 17.7 Å². The van der Waals surface area contributed by atoms with E-state index in [1.807, 2.05) is 0 Å². The van der Waals surface area contributed by atoms with Crippen molar-refractivity contribution >= 4 is 17.7 Å². The van der Waals surface area contributed by atoms with Crippen molar-refractivity contribution in [3.8, 4) is 0 Å². The SMILES string of the molecule is C=C(C)CNC(=O)Nc1ccc(F)c(C(=O)O)c1. The number of nitrogens with one attached hydrogen (secondary N) is 2. The van der Waals surface area contributed by atoms with Gasteiger partial charge in [-0.15, -0.1) is 0 Å². The summed E-state index contributed by atoms with van der Waals surface area (Å²) in [6.07, 6.45) is 0. The molecule has 6 heteroatoms. The molecule has 5 nitrogen and oxygen atoms in total. The predicted molar refractivity (Wildman–Crippen MR) is 65.2 cm³/mol. The van der Waals surface area contributed by atoms with Crippen molar-refractivity contribution < 1.29 is 19.1 Å². The van der Waals surface area contributed by atoms with Crippen LogP contribution >= 0.6 is 0 Å². The molecule has 0 aromatic heterocycles. The predicted octanol–water partition coefficient (Wildman–Crippen LogP) is 2.22. The summed E-state index contributed by atoms with van der Waals surface area (Å²) in [6, 6.07) is 2.80. The molecule has 18 heavy (non-hydrogen) atoms. The molecule has 0 atom stereocenters. The molecule has 2 amide bonds. The quantitative estimate of drug-likeness (QED) is 0.719. The topological polar surface area (TPSA) is 78.4 Å². The van der Waals surface area contributed by atoms with Crippen LogP contribution in [0.1, 0.15) is 17.3 Å². The number of carboxylic acid groups (broad SMARTS) is 1. The van der Waals surface area contributed by atoms with Crippen LogP contribution in [0, 0.1) is 5.82 Å². The van der Waals surface area contributed by atoms with Crippen LogP contribution in [-0.4, -0.2) is 23.7 Å². The third kappa shape index (κ3) is 3.89. The number of aromatic carboxylic acids is 1. The maximum absolute atomic E-state index is 13.1. The monoisotopic (exact) mass is 252 g/mol. The Morgan fingerprint density at radius 2 is 2.11 bits per heavy atom. The minimum absolute atomic E-state index is 0.202. The molecule has 0 aliphatic rings. The summed E-state index contributed by atoms with van der Waals surface area (Å²) in [5.41, 5.74) is 0.483. The number of amides is 2. The van der Waals surface area contributed by atoms with E-state index in [4.69, 9.17) is 5.11 Å². The summed E-state index contributed by atoms with van der Waals surface area (Å²) in [5.74, 6) is -2.24. The normalized spacial score (nSPS) is 9.67. The first-order valence-corrected chi connectivity index (χ1v) is 5.12. The lowest BCUT2D eigenvalue weighted by molar-refractivity contribution is 0.0692. The molecule has 0 fully saturated rings. The molecule has 0 spiro atoms. The van der Waals surface area contributed by atoms with Gasteiger partial charge in [-0.1, -0.05) is 12.2 Å². The van der Waals surface area contributed by atoms with Gasteiger partial charge in [-0.2, -0.15) is 0 Å². The molecule has 0 radical (unpaired) electrons. The van der Waals surface area contributed by atoms with E-state index in [-0.39, 0.29) is 5.69 Å². The standard InChI is InChI=1S/C12H13FN2O3/c1-7(2)6-14-12(18)15-8-3-4-10(13)9(5-8)11(16)17/h3-5H,1,6H2,2H3,(H,16,17)(H2,14,15,18). The van der Waals surface area contributed by atoms with E-state index in [2.05, 4.69) is 17.2 Å². The Bertz CT molecular complexity index is 500. The van der Waals surface area contributed by atoms with Crippen LogP contribution in [0.5, 0.6) is 0 Å². The summed E-state index contributed by atoms with van der Waals surface area (Å²) in [7, 11) is 0. The molecular formula is C12H13FN2O3. The number of carboxylic acids is 1. The lowest BCUT2D eigenvalue weighted by atomic mass is 10.2. The van der Waals surface area contributed by atoms with E-state index >= 15 is 0 Å². The third-order valence-corrected chi connectivity index (χ3v) is 2.01. The maximum Gasteiger partial charge on any atom is 0.338 e. The Morgan fingerprint density at radius 3 is 2.67 bits per heavy atom. The third-order valence-electron chi connectivity index (χ3n) is 2.01. The van der Waals surface area contributed by atoms with Gasteiger partial charge in [0.25, 0.3) is 0 Å². The van der Waals surface area contributed by atoms with E-state index in [1.54, 1.807) is 6.92 Å². The van der Waals surface area contributed by atoms with Gasteiger partial charge in [0, 0.05) is 12.2 Å². The largest absolute Gasteiger partial charge is 0.478 e. The van der Waals surface area contributed by atoms with Crippen molar-refractivity contribution in [1.82, 2.24) is 5.32 Å². The van der Waals surface area contributed by atoms with Gasteiger partial charge in [0.1, 0.15) is 5.82 Å². The highest BCUT2D eigenvalue weighted by Crippen LogP contribution is 2.14. The molecule has 0 aliphatic carbocycles. The fourth-order valence-electron chi connectivity index (χ4n) is 1.17. The number of hydrogen-bond acceptors (Lipinski definition) is 2. The number of benzene rings is 1. The summed E-state index contributed by atoms with van der Waals surface area (Å²) in [5, 5.41) is 13.6. The molecule has 0 aliphatic heterocycles. The number of urea groups is 1. The highest BCUT2D eigenvalue weighted by molar-refractivity contribution is 5.93. The molecular weight excluding hydrogens is 239 g/mol. The van der Waals surface area contributed by atoms with Crippen LogP contribution in [0.2, 0.25) is 0 Å². The van der Waals surface area contributed by atoms with Gasteiger partial charge in [-0.25, -0.2) is 14.0 Å². The number of anilines is 1. The minimum atomic E-state index is -1.39. The molecule has 0 saturated heterocycles. The van der Waals surface area contributed by atoms with E-state index in [1.165, 1.54) is 6.07 Å². The number of halogens is 1. The first-order chi connectivity index (χ1) is 8.40. The van der Waals surface area contributed by atoms with Crippen molar-refractivity contribution in [2.45, 2.75) is 6.92 Å². The van der Waals surface area contributed by atoms with Crippen LogP contribution < -0.4 is 10.6 Å². The average Bonchev–Trinajstić information content (AvgIpc) is 2.28. The first-order valence-electron chi connectivity index (χ1n) is 5.12. The highest BCUT2D eigenvalue weighted by Gasteiger charge is 2.11. The zero-order valence-electron chi connectivity index (χ0n) is 9.79. The van der Waals surface area contributed by atoms with Gasteiger partial charge >= 0.3 is 12.0 Å². The second-order valence-electron chi connectivity index (χ2n) is 3.76. The highest BCUT2D eigenvalue weighted by atomic mass is 19.1. The van der Waals surface area contributed by atoms with Crippen molar-refractivity contribution in [3.05, 3.63) is 41.7 Å². The number of carbonyl (C=O) groups is 2. The van der Waals surface area contributed by atoms with Crippen molar-refractivity contribution in [1.29, 1.82) is 0 Å². The zero-order chi connectivity index (χ0) is 13.7. The van der Waals surface area contributed by atoms with Crippen LogP contribution in [0.25, 0.3) is 0 Å². The molecule has 0 bridgehead atoms. The number of rotatable bonds is 4. The van der Waals surface area contributed by atoms with Gasteiger partial charge in [-0.3, -0.25) is 0 Å². The Morgan fingerprint density at radius 1 is 1.44 bits per heavy atom. The molecule has 1 rings (SSSR count). The fourth-order valence-corrected chi connectivity index (χ4v) is 1.17. The van der Waals surface area contributed by atoms with Crippen LogP contribution in [0.15, 0.2) is 30.4 Å². The van der Waals surface area contributed by atoms with Crippen LogP contribution in [0.4, 0.5) is 14.9 Å². The molecule has 1 aromatic carbocycles. The maximum atomic E-state index is 13.1. The van der Waals surface area contributed by atoms with Crippen molar-refractivity contribution in [2.75, 3.05) is 11.9 Å². The van der Waals surface area contributed by atoms with Gasteiger partial charge in [0.15, 0.2) is 0 Å². The number of hydrogen-bond donors (Lipinski definition) is 3. The van der Waals surface area contributed by atoms with E-state index in [0.29, 0.717) is 6.54 Å². The Kier molecular flexibility index (Phi) is 4.42. The zero-order valence-corrected chi connectivity index (χ0v) is 9.79. The smallest absolute Gasteiger partial charge is 0.338 e. The molecule has 3 N–H and O–H groups in total. The lowest BCUT2D eigenvalue weighted by Crippen LogP contribution is -2.29. The molecule has 0 heterocycles. The summed E-state index contributed by atoms with van der Waals surface area (Å²) in [6.45, 7) is 5.67. The Balaban J connectivity index is 2.73. The van der Waals surface area contributed by atoms with Gasteiger partial charge < -0.3 is 15.7 Å². The van der Waals surface area contributed by atoms with Gasteiger partial charge in [-0.05, 0) is 25.1 Å². The number of carbonyl (C=O) groups excluding carboxylic acids is 1. The second kappa shape index (κ2) is 5.81. The first kappa shape index (κ1) is 13.7. The van der Waals surface area contributed by atoms with Crippen molar-refractivity contribution in [2.24, 2.45) is 0 Å². The summed E-state index contributed by atoms with van der Waals surface area (Å²) >= 11 is 0. The Hall–Kier alpha value is -2.37. The fraction of sp³-hybridized carbons (Fsp3) is 0.167. The van der Waals surface area contributed by atoms with E-state index < -0.39 is 23.4 Å². The molecule has 96 valence electrons. The molecule has 1 aromatic rings. The Labute approximate surface area is 103 Å². The summed E-state index contributed by atoms with van der Waals surface area (Å²) in [4.78, 5) is 22.1. The van der Waals surface area contributed by atoms with Crippen molar-refractivity contribution in [3.63, 3.8) is 0 Å². The molecule has 0 unspecified atom stereocenters. The molecule has 0 saturated carbocycles. The second-order valence-corrected chi connectivity index (χ2v) is 3.76.